The van der Waals surface area contributed by atoms with Gasteiger partial charge in [0, 0.05) is 13.0 Å². The van der Waals surface area contributed by atoms with E-state index < -0.39 is 0 Å². The van der Waals surface area contributed by atoms with Crippen LogP contribution < -0.4 is 11.1 Å². The third-order valence-corrected chi connectivity index (χ3v) is 2.56. The van der Waals surface area contributed by atoms with Crippen molar-refractivity contribution in [2.45, 2.75) is 25.7 Å². The van der Waals surface area contributed by atoms with Gasteiger partial charge in [-0.3, -0.25) is 4.79 Å². The van der Waals surface area contributed by atoms with E-state index in [2.05, 4.69) is 24.4 Å². The Morgan fingerprint density at radius 2 is 2.00 bits per heavy atom. The van der Waals surface area contributed by atoms with Gasteiger partial charge in [0.25, 0.3) is 0 Å². The Morgan fingerprint density at radius 3 is 2.59 bits per heavy atom. The molecule has 0 aromatic heterocycles. The van der Waals surface area contributed by atoms with Crippen molar-refractivity contribution >= 4 is 18.3 Å². The molecule has 0 spiro atoms. The predicted molar refractivity (Wildman–Crippen MR) is 73.4 cm³/mol. The summed E-state index contributed by atoms with van der Waals surface area (Å²) in [7, 11) is 0. The van der Waals surface area contributed by atoms with Crippen LogP contribution in [0.4, 0.5) is 0 Å². The molecule has 1 unspecified atom stereocenters. The molecule has 3 N–H and O–H groups in total. The van der Waals surface area contributed by atoms with Crippen LogP contribution >= 0.6 is 12.4 Å². The van der Waals surface area contributed by atoms with E-state index in [1.165, 1.54) is 5.56 Å². The van der Waals surface area contributed by atoms with Crippen molar-refractivity contribution in [2.75, 3.05) is 13.1 Å². The number of rotatable bonds is 6. The molecule has 0 bridgehead atoms. The van der Waals surface area contributed by atoms with E-state index >= 15 is 0 Å². The summed E-state index contributed by atoms with van der Waals surface area (Å²) in [5.74, 6) is 0.365. The highest BCUT2D eigenvalue weighted by molar-refractivity contribution is 5.85. The van der Waals surface area contributed by atoms with Gasteiger partial charge in [-0.1, -0.05) is 37.3 Å². The van der Waals surface area contributed by atoms with Gasteiger partial charge < -0.3 is 11.1 Å². The van der Waals surface area contributed by atoms with Gasteiger partial charge in [-0.05, 0) is 24.4 Å². The summed E-state index contributed by atoms with van der Waals surface area (Å²) < 4.78 is 0. The van der Waals surface area contributed by atoms with Crippen LogP contribution in [0.5, 0.6) is 0 Å². The monoisotopic (exact) mass is 256 g/mol. The summed E-state index contributed by atoms with van der Waals surface area (Å²) in [6.45, 7) is 3.36. The van der Waals surface area contributed by atoms with Crippen molar-refractivity contribution in [3.8, 4) is 0 Å². The van der Waals surface area contributed by atoms with Gasteiger partial charge in [0.05, 0.1) is 0 Å². The molecular formula is C13H21ClN2O. The number of carbonyl (C=O) groups excluding carboxylic acids is 1. The quantitative estimate of drug-likeness (QED) is 0.766. The van der Waals surface area contributed by atoms with Gasteiger partial charge >= 0.3 is 0 Å². The fourth-order valence-electron chi connectivity index (χ4n) is 1.58. The smallest absolute Gasteiger partial charge is 0.220 e. The molecule has 1 aromatic carbocycles. The standard InChI is InChI=1S/C13H20N2O.ClH/c1-11(12-6-3-2-4-7-12)10-13(16)15-9-5-8-14;/h2-4,6-7,11H,5,8-10,14H2,1H3,(H,15,16);1H. The average Bonchev–Trinajstić information content (AvgIpc) is 2.30. The van der Waals surface area contributed by atoms with Crippen molar-refractivity contribution in [1.29, 1.82) is 0 Å². The number of amides is 1. The number of benzene rings is 1. The lowest BCUT2D eigenvalue weighted by atomic mass is 9.98. The summed E-state index contributed by atoms with van der Waals surface area (Å²) in [6.07, 6.45) is 1.38. The van der Waals surface area contributed by atoms with E-state index in [0.717, 1.165) is 6.42 Å². The SMILES string of the molecule is CC(CC(=O)NCCCN)c1ccccc1.Cl. The zero-order valence-electron chi connectivity index (χ0n) is 10.2. The molecule has 3 nitrogen and oxygen atoms in total. The van der Waals surface area contributed by atoms with Gasteiger partial charge in [0.2, 0.25) is 5.91 Å². The van der Waals surface area contributed by atoms with Crippen molar-refractivity contribution in [1.82, 2.24) is 5.32 Å². The van der Waals surface area contributed by atoms with E-state index in [0.29, 0.717) is 19.5 Å². The number of hydrogen-bond donors (Lipinski definition) is 2. The van der Waals surface area contributed by atoms with Gasteiger partial charge in [-0.25, -0.2) is 0 Å². The number of nitrogens with two attached hydrogens (primary N) is 1. The van der Waals surface area contributed by atoms with Crippen LogP contribution in [-0.4, -0.2) is 19.0 Å². The molecule has 1 atom stereocenters. The highest BCUT2D eigenvalue weighted by atomic mass is 35.5. The Hall–Kier alpha value is -1.06. The number of nitrogens with one attached hydrogen (secondary N) is 1. The lowest BCUT2D eigenvalue weighted by Gasteiger charge is -2.11. The maximum atomic E-state index is 11.5. The molecule has 0 radical (unpaired) electrons. The predicted octanol–water partition coefficient (Wildman–Crippen LogP) is 2.07. The second-order valence-electron chi connectivity index (χ2n) is 4.01. The summed E-state index contributed by atoms with van der Waals surface area (Å²) in [5, 5.41) is 2.87. The van der Waals surface area contributed by atoms with Crippen LogP contribution in [0.25, 0.3) is 0 Å². The third-order valence-electron chi connectivity index (χ3n) is 2.56. The molecule has 0 heterocycles. The first-order chi connectivity index (χ1) is 7.74. The molecule has 0 aliphatic carbocycles. The fourth-order valence-corrected chi connectivity index (χ4v) is 1.58. The first-order valence-electron chi connectivity index (χ1n) is 5.75. The average molecular weight is 257 g/mol. The Bertz CT molecular complexity index is 316. The van der Waals surface area contributed by atoms with Crippen LogP contribution in [0.15, 0.2) is 30.3 Å². The normalized spacial score (nSPS) is 11.4. The molecule has 0 aliphatic heterocycles. The molecule has 0 aliphatic rings. The van der Waals surface area contributed by atoms with Crippen LogP contribution in [0.3, 0.4) is 0 Å². The Labute approximate surface area is 109 Å². The van der Waals surface area contributed by atoms with Gasteiger partial charge in [-0.2, -0.15) is 0 Å². The Balaban J connectivity index is 0.00000256. The molecule has 1 amide bonds. The second kappa shape index (κ2) is 9.02. The molecule has 4 heteroatoms. The van der Waals surface area contributed by atoms with E-state index in [1.807, 2.05) is 18.2 Å². The first-order valence-corrected chi connectivity index (χ1v) is 5.75. The fraction of sp³-hybridized carbons (Fsp3) is 0.462. The Morgan fingerprint density at radius 1 is 1.35 bits per heavy atom. The number of carbonyl (C=O) groups is 1. The van der Waals surface area contributed by atoms with E-state index in [9.17, 15) is 4.79 Å². The van der Waals surface area contributed by atoms with Crippen LogP contribution in [0.1, 0.15) is 31.2 Å². The minimum absolute atomic E-state index is 0. The molecule has 0 fully saturated rings. The topological polar surface area (TPSA) is 55.1 Å². The minimum atomic E-state index is 0. The van der Waals surface area contributed by atoms with E-state index in [1.54, 1.807) is 0 Å². The zero-order chi connectivity index (χ0) is 11.8. The number of halogens is 1. The van der Waals surface area contributed by atoms with Crippen LogP contribution in [0, 0.1) is 0 Å². The molecule has 0 saturated carbocycles. The third kappa shape index (κ3) is 6.29. The lowest BCUT2D eigenvalue weighted by molar-refractivity contribution is -0.121. The van der Waals surface area contributed by atoms with Crippen molar-refractivity contribution in [3.63, 3.8) is 0 Å². The molecule has 1 rings (SSSR count). The molecule has 96 valence electrons. The van der Waals surface area contributed by atoms with Crippen molar-refractivity contribution in [2.24, 2.45) is 5.73 Å². The summed E-state index contributed by atoms with van der Waals surface area (Å²) in [4.78, 5) is 11.5. The first kappa shape index (κ1) is 15.9. The molecular weight excluding hydrogens is 236 g/mol. The van der Waals surface area contributed by atoms with Gasteiger partial charge in [-0.15, -0.1) is 12.4 Å². The second-order valence-corrected chi connectivity index (χ2v) is 4.01. The van der Waals surface area contributed by atoms with Crippen LogP contribution in [-0.2, 0) is 4.79 Å². The number of hydrogen-bond acceptors (Lipinski definition) is 2. The molecule has 17 heavy (non-hydrogen) atoms. The summed E-state index contributed by atoms with van der Waals surface area (Å²) in [6, 6.07) is 10.1. The molecule has 1 aromatic rings. The highest BCUT2D eigenvalue weighted by Crippen LogP contribution is 2.17. The van der Waals surface area contributed by atoms with E-state index in [4.69, 9.17) is 5.73 Å². The lowest BCUT2D eigenvalue weighted by Crippen LogP contribution is -2.26. The maximum Gasteiger partial charge on any atom is 0.220 e. The maximum absolute atomic E-state index is 11.5. The van der Waals surface area contributed by atoms with Gasteiger partial charge in [0.1, 0.15) is 0 Å². The molecule has 0 saturated heterocycles. The Kier molecular flexibility index (Phi) is 8.46. The van der Waals surface area contributed by atoms with Crippen LogP contribution in [0.2, 0.25) is 0 Å². The van der Waals surface area contributed by atoms with E-state index in [-0.39, 0.29) is 24.2 Å². The van der Waals surface area contributed by atoms with Crippen molar-refractivity contribution in [3.05, 3.63) is 35.9 Å². The summed E-state index contributed by atoms with van der Waals surface area (Å²) in [5.41, 5.74) is 6.56. The summed E-state index contributed by atoms with van der Waals surface area (Å²) >= 11 is 0. The highest BCUT2D eigenvalue weighted by Gasteiger charge is 2.09. The largest absolute Gasteiger partial charge is 0.356 e. The van der Waals surface area contributed by atoms with Gasteiger partial charge in [0.15, 0.2) is 0 Å². The van der Waals surface area contributed by atoms with Crippen molar-refractivity contribution < 1.29 is 4.79 Å². The zero-order valence-corrected chi connectivity index (χ0v) is 11.0. The minimum Gasteiger partial charge on any atom is -0.356 e.